The molecule has 10 nitrogen and oxygen atoms in total. The van der Waals surface area contributed by atoms with Gasteiger partial charge in [0.1, 0.15) is 0 Å². The Balaban J connectivity index is 1.04. The smallest absolute Gasteiger partial charge is 0.410 e. The maximum atomic E-state index is 14.1. The first-order valence-corrected chi connectivity index (χ1v) is 17.7. The van der Waals surface area contributed by atoms with Gasteiger partial charge in [-0.2, -0.15) is 0 Å². The van der Waals surface area contributed by atoms with Gasteiger partial charge in [-0.1, -0.05) is 35.7 Å². The fraction of sp³-hybridized carbons (Fsp3) is 0.541. The maximum absolute atomic E-state index is 14.1. The lowest BCUT2D eigenvalue weighted by molar-refractivity contribution is -0.143. The number of nitrogen functional groups attached to an aromatic ring is 1. The third-order valence-electron chi connectivity index (χ3n) is 11.8. The number of amides is 3. The van der Waals surface area contributed by atoms with E-state index in [-0.39, 0.29) is 23.7 Å². The highest BCUT2D eigenvalue weighted by atomic mass is 35.5. The molecule has 254 valence electrons. The highest BCUT2D eigenvalue weighted by molar-refractivity contribution is 6.33. The van der Waals surface area contributed by atoms with E-state index < -0.39 is 12.2 Å². The van der Waals surface area contributed by atoms with Crippen molar-refractivity contribution in [2.45, 2.75) is 81.0 Å². The number of anilines is 2. The lowest BCUT2D eigenvalue weighted by atomic mass is 9.68. The first-order valence-electron chi connectivity index (χ1n) is 17.3. The number of hydrogen-bond acceptors (Lipinski definition) is 7. The Labute approximate surface area is 287 Å². The molecule has 3 N–H and O–H groups in total. The second-order valence-corrected chi connectivity index (χ2v) is 14.7. The number of ether oxygens (including phenoxy) is 1. The third-order valence-corrected chi connectivity index (χ3v) is 12.1. The molecular formula is C37H45ClN6O4. The summed E-state index contributed by atoms with van der Waals surface area (Å²) in [5.74, 6) is 2.34. The molecule has 5 heterocycles. The molecule has 0 radical (unpaired) electrons. The molecule has 5 aliphatic rings. The molecular weight excluding hydrogens is 628 g/mol. The molecule has 3 amide bonds. The van der Waals surface area contributed by atoms with Gasteiger partial charge in [-0.3, -0.25) is 14.5 Å². The molecule has 2 aromatic rings. The number of para-hydroxylation sites is 1. The van der Waals surface area contributed by atoms with E-state index in [1.165, 1.54) is 25.7 Å². The van der Waals surface area contributed by atoms with Crippen LogP contribution in [0.2, 0.25) is 5.02 Å². The fourth-order valence-electron chi connectivity index (χ4n) is 8.91. The third kappa shape index (κ3) is 6.24. The van der Waals surface area contributed by atoms with Gasteiger partial charge in [0.15, 0.2) is 6.10 Å². The van der Waals surface area contributed by atoms with Crippen molar-refractivity contribution in [2.24, 2.45) is 0 Å². The van der Waals surface area contributed by atoms with Crippen LogP contribution in [0.25, 0.3) is 0 Å². The average Bonchev–Trinajstić information content (AvgIpc) is 3.27. The fourth-order valence-corrected chi connectivity index (χ4v) is 9.15. The summed E-state index contributed by atoms with van der Waals surface area (Å²) in [6, 6.07) is 13.2. The number of halogens is 1. The highest BCUT2D eigenvalue weighted by Gasteiger charge is 2.45. The number of piperidine rings is 2. The predicted octanol–water partition coefficient (Wildman–Crippen LogP) is 4.10. The molecule has 0 saturated carbocycles. The second-order valence-electron chi connectivity index (χ2n) is 14.3. The first kappa shape index (κ1) is 32.8. The summed E-state index contributed by atoms with van der Waals surface area (Å²) in [7, 11) is 2.26. The van der Waals surface area contributed by atoms with Crippen LogP contribution in [0.1, 0.15) is 61.6 Å². The predicted molar refractivity (Wildman–Crippen MR) is 186 cm³/mol. The normalized spacial score (nSPS) is 26.0. The van der Waals surface area contributed by atoms with Crippen LogP contribution in [-0.4, -0.2) is 108 Å². The van der Waals surface area contributed by atoms with Crippen molar-refractivity contribution in [2.75, 3.05) is 57.4 Å². The number of nitrogens with one attached hydrogen (secondary N) is 1. The summed E-state index contributed by atoms with van der Waals surface area (Å²) in [4.78, 5) is 49.1. The van der Waals surface area contributed by atoms with Crippen molar-refractivity contribution in [1.29, 1.82) is 0 Å². The molecule has 11 heteroatoms. The van der Waals surface area contributed by atoms with Gasteiger partial charge in [0.2, 0.25) is 5.91 Å². The standard InChI is InChI=1S/C37H45ClN6O4/c1-3-25-18-24(19-30(38)34(25)39)20-32(35(46)43-16-14-42(15-17-43)28-21-26-8-9-27(22-28)41(26)2)48-36(47)44-12-10-37(11-13-44)23-33(45)40-31-7-5-4-6-29(31)37/h1,4-7,18-19,26-28,32H,8-17,20-23,39H2,2H3,(H,40,45)/t26?,27?,28?,32-/m1/s1. The second kappa shape index (κ2) is 13.3. The van der Waals surface area contributed by atoms with Gasteiger partial charge in [-0.15, -0.1) is 6.42 Å². The summed E-state index contributed by atoms with van der Waals surface area (Å²) in [6.45, 7) is 3.62. The van der Waals surface area contributed by atoms with Crippen molar-refractivity contribution in [3.05, 3.63) is 58.1 Å². The van der Waals surface area contributed by atoms with Gasteiger partial charge >= 0.3 is 6.09 Å². The molecule has 0 aliphatic carbocycles. The van der Waals surface area contributed by atoms with Crippen molar-refractivity contribution >= 4 is 40.9 Å². The van der Waals surface area contributed by atoms with Gasteiger partial charge in [0.05, 0.1) is 10.7 Å². The molecule has 5 aliphatic heterocycles. The number of likely N-dealkylation sites (tertiary alicyclic amines) is 1. The Morgan fingerprint density at radius 1 is 1.04 bits per heavy atom. The molecule has 2 unspecified atom stereocenters. The van der Waals surface area contributed by atoms with Gasteiger partial charge in [-0.25, -0.2) is 4.79 Å². The Morgan fingerprint density at radius 3 is 2.42 bits per heavy atom. The topological polar surface area (TPSA) is 111 Å². The Bertz CT molecular complexity index is 1610. The lowest BCUT2D eigenvalue weighted by Crippen LogP contribution is -2.57. The van der Waals surface area contributed by atoms with E-state index in [2.05, 4.69) is 34.2 Å². The van der Waals surface area contributed by atoms with Crippen LogP contribution in [-0.2, 0) is 26.2 Å². The first-order chi connectivity index (χ1) is 23.1. The van der Waals surface area contributed by atoms with Crippen molar-refractivity contribution in [3.8, 4) is 12.3 Å². The molecule has 0 aromatic heterocycles. The summed E-state index contributed by atoms with van der Waals surface area (Å²) >= 11 is 6.41. The molecule has 2 bridgehead atoms. The number of hydrogen-bond donors (Lipinski definition) is 2. The largest absolute Gasteiger partial charge is 0.436 e. The molecule has 4 saturated heterocycles. The molecule has 3 atom stereocenters. The number of nitrogens with zero attached hydrogens (tertiary/aromatic N) is 4. The number of nitrogens with two attached hydrogens (primary N) is 1. The van der Waals surface area contributed by atoms with Crippen molar-refractivity contribution in [3.63, 3.8) is 0 Å². The minimum absolute atomic E-state index is 0.00726. The van der Waals surface area contributed by atoms with Crippen molar-refractivity contribution < 1.29 is 19.1 Å². The van der Waals surface area contributed by atoms with E-state index in [1.54, 1.807) is 17.0 Å². The Morgan fingerprint density at radius 2 is 1.73 bits per heavy atom. The van der Waals surface area contributed by atoms with Crippen LogP contribution in [0.15, 0.2) is 36.4 Å². The average molecular weight is 673 g/mol. The van der Waals surface area contributed by atoms with Crippen LogP contribution < -0.4 is 11.1 Å². The monoisotopic (exact) mass is 672 g/mol. The van der Waals surface area contributed by atoms with Crippen LogP contribution in [0.4, 0.5) is 16.2 Å². The number of benzene rings is 2. The van der Waals surface area contributed by atoms with Gasteiger partial charge in [-0.05, 0) is 74.9 Å². The van der Waals surface area contributed by atoms with Gasteiger partial charge < -0.3 is 30.5 Å². The highest BCUT2D eigenvalue weighted by Crippen LogP contribution is 2.45. The number of piperazine rings is 1. The van der Waals surface area contributed by atoms with Crippen LogP contribution in [0.3, 0.4) is 0 Å². The number of terminal acetylenes is 1. The van der Waals surface area contributed by atoms with E-state index >= 15 is 0 Å². The summed E-state index contributed by atoms with van der Waals surface area (Å²) in [5.41, 5.74) is 9.12. The van der Waals surface area contributed by atoms with E-state index in [9.17, 15) is 14.4 Å². The number of carbonyl (C=O) groups is 3. The SMILES string of the molecule is C#Cc1cc(C[C@@H](OC(=O)N2CCC3(CC2)CC(=O)Nc2ccccc23)C(=O)N2CCN(C3CC4CCC(C3)N4C)CC2)cc(Cl)c1N. The van der Waals surface area contributed by atoms with E-state index in [4.69, 9.17) is 28.5 Å². The van der Waals surface area contributed by atoms with Crippen LogP contribution >= 0.6 is 11.6 Å². The Hall–Kier alpha value is -3.78. The summed E-state index contributed by atoms with van der Waals surface area (Å²) in [5, 5.41) is 3.29. The minimum atomic E-state index is -1.05. The molecule has 7 rings (SSSR count). The number of rotatable bonds is 5. The summed E-state index contributed by atoms with van der Waals surface area (Å²) in [6.07, 6.45) is 10.8. The van der Waals surface area contributed by atoms with Crippen LogP contribution in [0.5, 0.6) is 0 Å². The van der Waals surface area contributed by atoms with E-state index in [1.807, 2.05) is 23.1 Å². The molecule has 4 fully saturated rings. The number of fused-ring (bicyclic) bond motifs is 4. The van der Waals surface area contributed by atoms with Crippen LogP contribution in [0, 0.1) is 12.3 Å². The van der Waals surface area contributed by atoms with E-state index in [0.29, 0.717) is 85.4 Å². The molecule has 2 aromatic carbocycles. The molecule has 1 spiro atoms. The zero-order valence-electron chi connectivity index (χ0n) is 27.6. The minimum Gasteiger partial charge on any atom is -0.436 e. The van der Waals surface area contributed by atoms with E-state index in [0.717, 1.165) is 24.3 Å². The quantitative estimate of drug-likeness (QED) is 0.364. The zero-order chi connectivity index (χ0) is 33.6. The Kier molecular flexibility index (Phi) is 9.05. The number of carbonyl (C=O) groups excluding carboxylic acids is 3. The van der Waals surface area contributed by atoms with Crippen molar-refractivity contribution in [1.82, 2.24) is 19.6 Å². The lowest BCUT2D eigenvalue weighted by Gasteiger charge is -2.45. The zero-order valence-corrected chi connectivity index (χ0v) is 28.4. The maximum Gasteiger partial charge on any atom is 0.410 e. The molecule has 48 heavy (non-hydrogen) atoms. The van der Waals surface area contributed by atoms with Gasteiger partial charge in [0, 0.05) is 86.9 Å². The summed E-state index contributed by atoms with van der Waals surface area (Å²) < 4.78 is 6.08. The van der Waals surface area contributed by atoms with Gasteiger partial charge in [0.25, 0.3) is 5.91 Å².